The van der Waals surface area contributed by atoms with Crippen molar-refractivity contribution < 1.29 is 18.7 Å². The lowest BCUT2D eigenvalue weighted by molar-refractivity contribution is 0.130. The van der Waals surface area contributed by atoms with Crippen molar-refractivity contribution in [2.75, 3.05) is 14.2 Å². The van der Waals surface area contributed by atoms with Crippen molar-refractivity contribution in [1.82, 2.24) is 0 Å². The van der Waals surface area contributed by atoms with Crippen LogP contribution >= 0.6 is 7.60 Å². The standard InChI is InChI=1S/C7H17O4P/c1-6(8)7(2,3)12(9,10-4)11-5/h6,8H,1-5H3/t6-/m1/s1. The molecule has 0 saturated heterocycles. The molecule has 0 aromatic carbocycles. The molecule has 0 spiro atoms. The van der Waals surface area contributed by atoms with E-state index in [1.165, 1.54) is 14.2 Å². The van der Waals surface area contributed by atoms with Gasteiger partial charge in [0, 0.05) is 14.2 Å². The molecular weight excluding hydrogens is 179 g/mol. The quantitative estimate of drug-likeness (QED) is 0.694. The zero-order valence-corrected chi connectivity index (χ0v) is 9.09. The molecule has 0 saturated carbocycles. The molecular formula is C7H17O4P. The third kappa shape index (κ3) is 1.88. The number of aliphatic hydroxyl groups is 1. The number of hydrogen-bond acceptors (Lipinski definition) is 4. The highest BCUT2D eigenvalue weighted by Gasteiger charge is 2.45. The van der Waals surface area contributed by atoms with Crippen molar-refractivity contribution in [2.24, 2.45) is 0 Å². The first kappa shape index (κ1) is 12.1. The van der Waals surface area contributed by atoms with Gasteiger partial charge in [0.1, 0.15) is 0 Å². The summed E-state index contributed by atoms with van der Waals surface area (Å²) < 4.78 is 21.4. The predicted octanol–water partition coefficient (Wildman–Crippen LogP) is 1.63. The van der Waals surface area contributed by atoms with Crippen LogP contribution in [0, 0.1) is 0 Å². The minimum absolute atomic E-state index is 0.747. The second-order valence-corrected chi connectivity index (χ2v) is 6.07. The van der Waals surface area contributed by atoms with Gasteiger partial charge < -0.3 is 14.2 Å². The van der Waals surface area contributed by atoms with Gasteiger partial charge in [0.15, 0.2) is 0 Å². The van der Waals surface area contributed by atoms with Gasteiger partial charge >= 0.3 is 7.60 Å². The number of aliphatic hydroxyl groups excluding tert-OH is 1. The normalized spacial score (nSPS) is 16.2. The van der Waals surface area contributed by atoms with Gasteiger partial charge in [-0.3, -0.25) is 4.57 Å². The largest absolute Gasteiger partial charge is 0.392 e. The molecule has 0 aromatic heterocycles. The van der Waals surface area contributed by atoms with Crippen LogP contribution in [0.15, 0.2) is 0 Å². The first-order chi connectivity index (χ1) is 5.31. The van der Waals surface area contributed by atoms with Crippen LogP contribution in [0.4, 0.5) is 0 Å². The van der Waals surface area contributed by atoms with E-state index < -0.39 is 18.9 Å². The Balaban J connectivity index is 4.84. The van der Waals surface area contributed by atoms with E-state index in [1.807, 2.05) is 0 Å². The van der Waals surface area contributed by atoms with Gasteiger partial charge in [0.05, 0.1) is 11.3 Å². The molecule has 74 valence electrons. The fourth-order valence-corrected chi connectivity index (χ4v) is 2.32. The second-order valence-electron chi connectivity index (χ2n) is 3.19. The molecule has 0 radical (unpaired) electrons. The summed E-state index contributed by atoms with van der Waals surface area (Å²) >= 11 is 0. The third-order valence-corrected chi connectivity index (χ3v) is 4.96. The Morgan fingerprint density at radius 2 is 1.67 bits per heavy atom. The highest BCUT2D eigenvalue weighted by molar-refractivity contribution is 7.55. The smallest absolute Gasteiger partial charge is 0.338 e. The van der Waals surface area contributed by atoms with Crippen LogP contribution in [-0.2, 0) is 13.6 Å². The van der Waals surface area contributed by atoms with Crippen molar-refractivity contribution in [3.8, 4) is 0 Å². The maximum Gasteiger partial charge on any atom is 0.338 e. The van der Waals surface area contributed by atoms with Crippen LogP contribution in [0.1, 0.15) is 20.8 Å². The Morgan fingerprint density at radius 3 is 1.75 bits per heavy atom. The zero-order valence-electron chi connectivity index (χ0n) is 8.20. The van der Waals surface area contributed by atoms with Gasteiger partial charge in [0.25, 0.3) is 0 Å². The molecule has 0 aliphatic carbocycles. The predicted molar refractivity (Wildman–Crippen MR) is 47.4 cm³/mol. The fourth-order valence-electron chi connectivity index (χ4n) is 0.774. The lowest BCUT2D eigenvalue weighted by atomic mass is 10.1. The van der Waals surface area contributed by atoms with Crippen molar-refractivity contribution in [3.63, 3.8) is 0 Å². The summed E-state index contributed by atoms with van der Waals surface area (Å²) in [5.74, 6) is 0. The van der Waals surface area contributed by atoms with Crippen molar-refractivity contribution >= 4 is 7.60 Å². The molecule has 12 heavy (non-hydrogen) atoms. The Morgan fingerprint density at radius 1 is 1.33 bits per heavy atom. The van der Waals surface area contributed by atoms with Crippen molar-refractivity contribution in [2.45, 2.75) is 32.0 Å². The molecule has 0 aliphatic heterocycles. The van der Waals surface area contributed by atoms with E-state index in [4.69, 9.17) is 9.05 Å². The molecule has 0 aromatic rings. The monoisotopic (exact) mass is 196 g/mol. The maximum atomic E-state index is 11.8. The van der Waals surface area contributed by atoms with Crippen LogP contribution in [0.2, 0.25) is 0 Å². The van der Waals surface area contributed by atoms with Gasteiger partial charge in [-0.15, -0.1) is 0 Å². The highest BCUT2D eigenvalue weighted by Crippen LogP contribution is 2.59. The molecule has 0 aliphatic rings. The maximum absolute atomic E-state index is 11.8. The van der Waals surface area contributed by atoms with Gasteiger partial charge in [0.2, 0.25) is 0 Å². The summed E-state index contributed by atoms with van der Waals surface area (Å²) in [7, 11) is -0.562. The summed E-state index contributed by atoms with van der Waals surface area (Å²) in [6, 6.07) is 0. The summed E-state index contributed by atoms with van der Waals surface area (Å²) in [5, 5.41) is 8.47. The molecule has 0 amide bonds. The summed E-state index contributed by atoms with van der Waals surface area (Å²) in [6.07, 6.45) is -0.747. The average Bonchev–Trinajstić information content (AvgIpc) is 2.02. The van der Waals surface area contributed by atoms with Crippen LogP contribution in [0.3, 0.4) is 0 Å². The van der Waals surface area contributed by atoms with Crippen LogP contribution < -0.4 is 0 Å². The summed E-state index contributed by atoms with van der Waals surface area (Å²) in [5.41, 5.74) is 0. The molecule has 5 heteroatoms. The number of rotatable bonds is 4. The van der Waals surface area contributed by atoms with E-state index in [9.17, 15) is 9.67 Å². The molecule has 4 nitrogen and oxygen atoms in total. The molecule has 0 heterocycles. The molecule has 0 unspecified atom stereocenters. The van der Waals surface area contributed by atoms with E-state index in [2.05, 4.69) is 0 Å². The summed E-state index contributed by atoms with van der Waals surface area (Å²) in [6.45, 7) is 4.85. The first-order valence-electron chi connectivity index (χ1n) is 3.71. The lowest BCUT2D eigenvalue weighted by Crippen LogP contribution is -2.34. The first-order valence-corrected chi connectivity index (χ1v) is 5.25. The van der Waals surface area contributed by atoms with Crippen LogP contribution in [-0.4, -0.2) is 30.6 Å². The number of hydrogen-bond donors (Lipinski definition) is 1. The minimum atomic E-state index is -3.19. The van der Waals surface area contributed by atoms with Crippen LogP contribution in [0.5, 0.6) is 0 Å². The minimum Gasteiger partial charge on any atom is -0.392 e. The van der Waals surface area contributed by atoms with Gasteiger partial charge in [-0.05, 0) is 20.8 Å². The third-order valence-electron chi connectivity index (χ3n) is 2.21. The molecule has 0 bridgehead atoms. The van der Waals surface area contributed by atoms with Crippen molar-refractivity contribution in [1.29, 1.82) is 0 Å². The van der Waals surface area contributed by atoms with Gasteiger partial charge in [-0.1, -0.05) is 0 Å². The SMILES string of the molecule is COP(=O)(OC)C(C)(C)[C@@H](C)O. The van der Waals surface area contributed by atoms with E-state index in [0.29, 0.717) is 0 Å². The van der Waals surface area contributed by atoms with Crippen LogP contribution in [0.25, 0.3) is 0 Å². The van der Waals surface area contributed by atoms with Gasteiger partial charge in [-0.25, -0.2) is 0 Å². The Bertz CT molecular complexity index is 180. The summed E-state index contributed by atoms with van der Waals surface area (Å²) in [4.78, 5) is 0. The Labute approximate surface area is 73.4 Å². The fraction of sp³-hybridized carbons (Fsp3) is 1.00. The van der Waals surface area contributed by atoms with E-state index >= 15 is 0 Å². The molecule has 1 atom stereocenters. The van der Waals surface area contributed by atoms with E-state index in [0.717, 1.165) is 0 Å². The Hall–Kier alpha value is 0.110. The lowest BCUT2D eigenvalue weighted by Gasteiger charge is -2.33. The molecule has 0 fully saturated rings. The highest BCUT2D eigenvalue weighted by atomic mass is 31.2. The second kappa shape index (κ2) is 3.88. The van der Waals surface area contributed by atoms with Crippen molar-refractivity contribution in [3.05, 3.63) is 0 Å². The molecule has 0 rings (SSSR count). The van der Waals surface area contributed by atoms with E-state index in [1.54, 1.807) is 20.8 Å². The van der Waals surface area contributed by atoms with E-state index in [-0.39, 0.29) is 0 Å². The van der Waals surface area contributed by atoms with Gasteiger partial charge in [-0.2, -0.15) is 0 Å². The zero-order chi connectivity index (χ0) is 9.99. The topological polar surface area (TPSA) is 55.8 Å². The molecule has 1 N–H and O–H groups in total. The average molecular weight is 196 g/mol. The Kier molecular flexibility index (Phi) is 3.91.